The van der Waals surface area contributed by atoms with Gasteiger partial charge in [0.1, 0.15) is 11.9 Å². The SMILES string of the molecule is CC(C)(C)OC(=O)N1CC2(CC(n3cnc(C4CC4)n3)C2)C1. The summed E-state index contributed by atoms with van der Waals surface area (Å²) in [5.41, 5.74) is -0.116. The molecule has 0 N–H and O–H groups in total. The number of nitrogens with zero attached hydrogens (tertiary/aromatic N) is 4. The molecule has 2 aliphatic carbocycles. The summed E-state index contributed by atoms with van der Waals surface area (Å²) >= 11 is 0. The van der Waals surface area contributed by atoms with Gasteiger partial charge in [-0.3, -0.25) is 0 Å². The van der Waals surface area contributed by atoms with Gasteiger partial charge in [-0.2, -0.15) is 5.10 Å². The van der Waals surface area contributed by atoms with Crippen molar-refractivity contribution in [3.63, 3.8) is 0 Å². The second-order valence-corrected chi connectivity index (χ2v) is 8.26. The quantitative estimate of drug-likeness (QED) is 0.843. The van der Waals surface area contributed by atoms with Crippen molar-refractivity contribution < 1.29 is 9.53 Å². The van der Waals surface area contributed by atoms with E-state index in [1.807, 2.05) is 36.7 Å². The molecule has 1 spiro atoms. The van der Waals surface area contributed by atoms with Gasteiger partial charge >= 0.3 is 6.09 Å². The van der Waals surface area contributed by atoms with E-state index >= 15 is 0 Å². The van der Waals surface area contributed by atoms with Gasteiger partial charge in [-0.15, -0.1) is 0 Å². The maximum Gasteiger partial charge on any atom is 0.410 e. The average molecular weight is 304 g/mol. The van der Waals surface area contributed by atoms with Crippen LogP contribution < -0.4 is 0 Å². The van der Waals surface area contributed by atoms with E-state index in [4.69, 9.17) is 4.74 Å². The molecular formula is C16H24N4O2. The van der Waals surface area contributed by atoms with E-state index in [2.05, 4.69) is 10.1 Å². The van der Waals surface area contributed by atoms with Crippen molar-refractivity contribution in [3.05, 3.63) is 12.2 Å². The van der Waals surface area contributed by atoms with E-state index < -0.39 is 5.60 Å². The lowest BCUT2D eigenvalue weighted by Crippen LogP contribution is -2.64. The fourth-order valence-electron chi connectivity index (χ4n) is 3.60. The number of carbonyl (C=O) groups excluding carboxylic acids is 1. The summed E-state index contributed by atoms with van der Waals surface area (Å²) in [6.07, 6.45) is 6.38. The first-order chi connectivity index (χ1) is 10.3. The molecule has 3 aliphatic rings. The zero-order valence-corrected chi connectivity index (χ0v) is 13.6. The second kappa shape index (κ2) is 4.46. The number of aromatic nitrogens is 3. The van der Waals surface area contributed by atoms with E-state index in [1.165, 1.54) is 12.8 Å². The van der Waals surface area contributed by atoms with E-state index in [9.17, 15) is 4.79 Å². The number of hydrogen-bond donors (Lipinski definition) is 0. The van der Waals surface area contributed by atoms with Gasteiger partial charge < -0.3 is 9.64 Å². The lowest BCUT2D eigenvalue weighted by Gasteiger charge is -2.58. The van der Waals surface area contributed by atoms with Crippen molar-refractivity contribution in [1.82, 2.24) is 19.7 Å². The molecule has 0 bridgehead atoms. The van der Waals surface area contributed by atoms with Crippen LogP contribution in [0.1, 0.15) is 64.2 Å². The number of carbonyl (C=O) groups is 1. The van der Waals surface area contributed by atoms with Crippen molar-refractivity contribution in [2.75, 3.05) is 13.1 Å². The highest BCUT2D eigenvalue weighted by Crippen LogP contribution is 2.54. The third-order valence-electron chi connectivity index (χ3n) is 4.88. The standard InChI is InChI=1S/C16H24N4O2/c1-15(2,3)22-14(21)19-8-16(9-19)6-12(7-16)20-10-17-13(18-20)11-4-5-11/h10-12H,4-9H2,1-3H3. The smallest absolute Gasteiger partial charge is 0.410 e. The van der Waals surface area contributed by atoms with Crippen molar-refractivity contribution in [2.45, 2.75) is 64.0 Å². The fraction of sp³-hybridized carbons (Fsp3) is 0.812. The molecule has 2 saturated carbocycles. The summed E-state index contributed by atoms with van der Waals surface area (Å²) in [6, 6.07) is 0.459. The minimum Gasteiger partial charge on any atom is -0.444 e. The average Bonchev–Trinajstić information content (AvgIpc) is 3.03. The molecule has 0 unspecified atom stereocenters. The largest absolute Gasteiger partial charge is 0.444 e. The highest BCUT2D eigenvalue weighted by atomic mass is 16.6. The Morgan fingerprint density at radius 1 is 1.32 bits per heavy atom. The first-order valence-electron chi connectivity index (χ1n) is 8.23. The molecule has 1 saturated heterocycles. The van der Waals surface area contributed by atoms with E-state index in [0.29, 0.717) is 17.4 Å². The maximum absolute atomic E-state index is 12.0. The predicted octanol–water partition coefficient (Wildman–Crippen LogP) is 2.73. The molecule has 0 radical (unpaired) electrons. The Balaban J connectivity index is 1.28. The van der Waals surface area contributed by atoms with Gasteiger partial charge in [0.2, 0.25) is 0 Å². The van der Waals surface area contributed by atoms with Gasteiger partial charge in [-0.25, -0.2) is 14.5 Å². The second-order valence-electron chi connectivity index (χ2n) is 8.26. The minimum absolute atomic E-state index is 0.182. The summed E-state index contributed by atoms with van der Waals surface area (Å²) in [7, 11) is 0. The van der Waals surface area contributed by atoms with Crippen LogP contribution in [0, 0.1) is 5.41 Å². The molecule has 1 aromatic rings. The normalized spacial score (nSPS) is 24.0. The molecular weight excluding hydrogens is 280 g/mol. The maximum atomic E-state index is 12.0. The van der Waals surface area contributed by atoms with Crippen LogP contribution in [0.15, 0.2) is 6.33 Å². The predicted molar refractivity (Wildman–Crippen MR) is 80.5 cm³/mol. The third kappa shape index (κ3) is 2.48. The Morgan fingerprint density at radius 3 is 2.59 bits per heavy atom. The van der Waals surface area contributed by atoms with Crippen LogP contribution in [-0.2, 0) is 4.74 Å². The van der Waals surface area contributed by atoms with Crippen LogP contribution in [0.25, 0.3) is 0 Å². The summed E-state index contributed by atoms with van der Waals surface area (Å²) in [5.74, 6) is 1.63. The molecule has 0 atom stereocenters. The van der Waals surface area contributed by atoms with Crippen LogP contribution in [0.4, 0.5) is 4.79 Å². The van der Waals surface area contributed by atoms with Crippen LogP contribution in [0.5, 0.6) is 0 Å². The molecule has 2 heterocycles. The molecule has 120 valence electrons. The van der Waals surface area contributed by atoms with Gasteiger partial charge in [0.25, 0.3) is 0 Å². The van der Waals surface area contributed by atoms with Crippen LogP contribution >= 0.6 is 0 Å². The summed E-state index contributed by atoms with van der Waals surface area (Å²) < 4.78 is 7.45. The lowest BCUT2D eigenvalue weighted by molar-refractivity contribution is -0.0928. The molecule has 1 amide bonds. The Morgan fingerprint density at radius 2 is 2.00 bits per heavy atom. The van der Waals surface area contributed by atoms with Gasteiger partial charge in [0.15, 0.2) is 5.82 Å². The van der Waals surface area contributed by atoms with Gasteiger partial charge in [0, 0.05) is 24.4 Å². The van der Waals surface area contributed by atoms with E-state index in [0.717, 1.165) is 31.8 Å². The van der Waals surface area contributed by atoms with Gasteiger partial charge in [-0.1, -0.05) is 0 Å². The van der Waals surface area contributed by atoms with E-state index in [-0.39, 0.29) is 6.09 Å². The monoisotopic (exact) mass is 304 g/mol. The topological polar surface area (TPSA) is 60.2 Å². The number of likely N-dealkylation sites (tertiary alicyclic amines) is 1. The number of amides is 1. The van der Waals surface area contributed by atoms with Crippen molar-refractivity contribution in [3.8, 4) is 0 Å². The first kappa shape index (κ1) is 14.0. The minimum atomic E-state index is -0.415. The summed E-state index contributed by atoms with van der Waals surface area (Å²) in [6.45, 7) is 7.36. The van der Waals surface area contributed by atoms with Crippen molar-refractivity contribution in [2.24, 2.45) is 5.41 Å². The highest BCUT2D eigenvalue weighted by molar-refractivity contribution is 5.69. The number of ether oxygens (including phenoxy) is 1. The van der Waals surface area contributed by atoms with Crippen LogP contribution in [0.2, 0.25) is 0 Å². The van der Waals surface area contributed by atoms with Crippen molar-refractivity contribution in [1.29, 1.82) is 0 Å². The fourth-order valence-corrected chi connectivity index (χ4v) is 3.60. The number of rotatable bonds is 2. The molecule has 0 aromatic carbocycles. The van der Waals surface area contributed by atoms with Gasteiger partial charge in [0.05, 0.1) is 6.04 Å². The Hall–Kier alpha value is -1.59. The summed E-state index contributed by atoms with van der Waals surface area (Å²) in [5, 5.41) is 4.62. The van der Waals surface area contributed by atoms with Gasteiger partial charge in [-0.05, 0) is 46.5 Å². The molecule has 1 aliphatic heterocycles. The molecule has 22 heavy (non-hydrogen) atoms. The van der Waals surface area contributed by atoms with Crippen LogP contribution in [0.3, 0.4) is 0 Å². The molecule has 6 heteroatoms. The molecule has 6 nitrogen and oxygen atoms in total. The Labute approximate surface area is 130 Å². The molecule has 1 aromatic heterocycles. The number of hydrogen-bond acceptors (Lipinski definition) is 4. The summed E-state index contributed by atoms with van der Waals surface area (Å²) in [4.78, 5) is 18.2. The van der Waals surface area contributed by atoms with Crippen LogP contribution in [-0.4, -0.2) is 44.4 Å². The first-order valence-corrected chi connectivity index (χ1v) is 8.23. The zero-order valence-electron chi connectivity index (χ0n) is 13.6. The Kier molecular flexibility index (Phi) is 2.84. The third-order valence-corrected chi connectivity index (χ3v) is 4.88. The Bertz CT molecular complexity index is 586. The highest BCUT2D eigenvalue weighted by Gasteiger charge is 2.55. The van der Waals surface area contributed by atoms with E-state index in [1.54, 1.807) is 0 Å². The van der Waals surface area contributed by atoms with Crippen molar-refractivity contribution >= 4 is 6.09 Å². The zero-order chi connectivity index (χ0) is 15.5. The lowest BCUT2D eigenvalue weighted by atomic mass is 9.61. The molecule has 4 rings (SSSR count). The molecule has 3 fully saturated rings.